The number of carbonyl (C=O) groups is 1. The Hall–Kier alpha value is -1.70. The van der Waals surface area contributed by atoms with E-state index in [4.69, 9.17) is 0 Å². The molecule has 160 valence electrons. The third-order valence-corrected chi connectivity index (χ3v) is 5.50. The first kappa shape index (κ1) is 23.6. The van der Waals surface area contributed by atoms with E-state index in [1.54, 1.807) is 30.2 Å². The molecule has 0 radical (unpaired) electrons. The van der Waals surface area contributed by atoms with Crippen LogP contribution in [0.15, 0.2) is 36.7 Å². The number of hydrogen-bond donors (Lipinski definition) is 2. The first-order chi connectivity index (χ1) is 12.9. The van der Waals surface area contributed by atoms with Crippen molar-refractivity contribution in [1.82, 2.24) is 15.1 Å². The number of alkyl halides is 2. The predicted molar refractivity (Wildman–Crippen MR) is 114 cm³/mol. The van der Waals surface area contributed by atoms with Gasteiger partial charge in [0, 0.05) is 49.7 Å². The van der Waals surface area contributed by atoms with E-state index in [2.05, 4.69) is 15.7 Å². The largest absolute Gasteiger partial charge is 0.319 e. The van der Waals surface area contributed by atoms with E-state index in [1.807, 2.05) is 18.2 Å². The molecule has 1 amide bonds. The van der Waals surface area contributed by atoms with Crippen molar-refractivity contribution >= 4 is 36.4 Å². The van der Waals surface area contributed by atoms with Crippen molar-refractivity contribution in [1.29, 1.82) is 0 Å². The molecular weight excluding hydrogens is 421 g/mol. The summed E-state index contributed by atoms with van der Waals surface area (Å²) in [4.78, 5) is 12.4. The number of aryl methyl sites for hydroxylation is 1. The van der Waals surface area contributed by atoms with Crippen LogP contribution < -0.4 is 10.6 Å². The van der Waals surface area contributed by atoms with Crippen LogP contribution in [0.3, 0.4) is 0 Å². The molecule has 1 heterocycles. The maximum atomic E-state index is 13.3. The summed E-state index contributed by atoms with van der Waals surface area (Å²) in [6, 6.07) is 8.14. The third-order valence-electron chi connectivity index (χ3n) is 5.50. The van der Waals surface area contributed by atoms with Gasteiger partial charge in [-0.2, -0.15) is 5.10 Å². The Labute approximate surface area is 181 Å². The Balaban J connectivity index is 0.00000150. The molecule has 0 aliphatic heterocycles. The number of nitrogens with one attached hydrogen (secondary N) is 2. The third kappa shape index (κ3) is 5.90. The maximum Gasteiger partial charge on any atom is 0.255 e. The smallest absolute Gasteiger partial charge is 0.255 e. The number of nitrogens with zero attached hydrogens (tertiary/aromatic N) is 2. The van der Waals surface area contributed by atoms with Crippen LogP contribution in [0.5, 0.6) is 0 Å². The van der Waals surface area contributed by atoms with Gasteiger partial charge in [-0.25, -0.2) is 8.78 Å². The molecule has 2 aliphatic carbocycles. The van der Waals surface area contributed by atoms with Crippen LogP contribution >= 0.6 is 24.8 Å². The molecule has 2 aromatic rings. The lowest BCUT2D eigenvalue weighted by Gasteiger charge is -2.29. The molecular formula is C20H26Cl2F2N4O. The molecule has 1 aromatic heterocycles. The molecule has 9 heteroatoms. The summed E-state index contributed by atoms with van der Waals surface area (Å²) in [5.41, 5.74) is 2.39. The van der Waals surface area contributed by atoms with Gasteiger partial charge >= 0.3 is 0 Å². The zero-order valence-corrected chi connectivity index (χ0v) is 17.7. The van der Waals surface area contributed by atoms with Crippen molar-refractivity contribution < 1.29 is 13.6 Å². The second kappa shape index (κ2) is 9.41. The summed E-state index contributed by atoms with van der Waals surface area (Å²) >= 11 is 0. The van der Waals surface area contributed by atoms with Gasteiger partial charge < -0.3 is 10.6 Å². The topological polar surface area (TPSA) is 59.0 Å². The van der Waals surface area contributed by atoms with Crippen molar-refractivity contribution in [3.8, 4) is 0 Å². The van der Waals surface area contributed by atoms with Gasteiger partial charge in [-0.15, -0.1) is 24.8 Å². The summed E-state index contributed by atoms with van der Waals surface area (Å²) in [6.07, 6.45) is 5.36. The van der Waals surface area contributed by atoms with Crippen LogP contribution in [-0.2, 0) is 7.05 Å². The number of amides is 1. The Bertz CT molecular complexity index is 835. The molecule has 2 fully saturated rings. The normalized spacial score (nSPS) is 22.9. The second-order valence-corrected chi connectivity index (χ2v) is 7.73. The summed E-state index contributed by atoms with van der Waals surface area (Å²) in [5.74, 6) is -2.31. The minimum Gasteiger partial charge on any atom is -0.319 e. The molecule has 0 spiro atoms. The first-order valence-corrected chi connectivity index (χ1v) is 9.43. The Morgan fingerprint density at radius 1 is 1.24 bits per heavy atom. The van der Waals surface area contributed by atoms with Crippen LogP contribution in [0.2, 0.25) is 0 Å². The van der Waals surface area contributed by atoms with E-state index in [1.165, 1.54) is 0 Å². The van der Waals surface area contributed by atoms with Crippen molar-refractivity contribution in [2.45, 2.75) is 56.0 Å². The van der Waals surface area contributed by atoms with Crippen LogP contribution in [0, 0.1) is 0 Å². The van der Waals surface area contributed by atoms with E-state index in [-0.39, 0.29) is 49.6 Å². The monoisotopic (exact) mass is 446 g/mol. The summed E-state index contributed by atoms with van der Waals surface area (Å²) < 4.78 is 28.2. The zero-order chi connectivity index (χ0) is 19.0. The molecule has 2 saturated carbocycles. The molecule has 2 atom stereocenters. The highest BCUT2D eigenvalue weighted by atomic mass is 35.5. The van der Waals surface area contributed by atoms with Crippen LogP contribution in [-0.4, -0.2) is 33.7 Å². The van der Waals surface area contributed by atoms with E-state index >= 15 is 0 Å². The Morgan fingerprint density at radius 3 is 2.62 bits per heavy atom. The number of benzene rings is 1. The second-order valence-electron chi connectivity index (χ2n) is 7.73. The van der Waals surface area contributed by atoms with Gasteiger partial charge in [0.15, 0.2) is 0 Å². The minimum atomic E-state index is -2.49. The average molecular weight is 447 g/mol. The molecule has 4 rings (SSSR count). The highest BCUT2D eigenvalue weighted by molar-refractivity contribution is 6.04. The summed E-state index contributed by atoms with van der Waals surface area (Å²) in [5, 5.41) is 10.4. The number of carbonyl (C=O) groups excluding carboxylic acids is 1. The number of aromatic nitrogens is 2. The number of hydrogen-bond acceptors (Lipinski definition) is 3. The zero-order valence-electron chi connectivity index (χ0n) is 16.1. The lowest BCUT2D eigenvalue weighted by atomic mass is 9.92. The predicted octanol–water partition coefficient (Wildman–Crippen LogP) is 4.54. The number of rotatable bonds is 5. The van der Waals surface area contributed by atoms with E-state index in [0.717, 1.165) is 12.0 Å². The lowest BCUT2D eigenvalue weighted by Crippen LogP contribution is -2.38. The van der Waals surface area contributed by atoms with Gasteiger partial charge in [-0.05, 0) is 37.0 Å². The standard InChI is InChI=1S/C20H24F2N4O.2ClH/c1-26-12-16(11-23-26)25-19(27)14-4-2-3-13(9-14)17-10-18(17)24-15-5-7-20(21,22)8-6-15;;/h2-4,9,11-12,15,17-18,24H,5-8,10H2,1H3,(H,25,27);2*1H. The van der Waals surface area contributed by atoms with Gasteiger partial charge in [0.1, 0.15) is 0 Å². The molecule has 1 aromatic carbocycles. The van der Waals surface area contributed by atoms with E-state index in [0.29, 0.717) is 36.1 Å². The van der Waals surface area contributed by atoms with Gasteiger partial charge in [0.25, 0.3) is 5.91 Å². The first-order valence-electron chi connectivity index (χ1n) is 9.43. The minimum absolute atomic E-state index is 0. The van der Waals surface area contributed by atoms with Gasteiger partial charge in [0.05, 0.1) is 11.9 Å². The summed E-state index contributed by atoms with van der Waals surface area (Å²) in [6.45, 7) is 0. The van der Waals surface area contributed by atoms with Crippen LogP contribution in [0.25, 0.3) is 0 Å². The molecule has 2 N–H and O–H groups in total. The van der Waals surface area contributed by atoms with Crippen molar-refractivity contribution in [3.63, 3.8) is 0 Å². The Morgan fingerprint density at radius 2 is 1.97 bits per heavy atom. The van der Waals surface area contributed by atoms with Crippen LogP contribution in [0.4, 0.5) is 14.5 Å². The molecule has 2 aliphatic rings. The van der Waals surface area contributed by atoms with Crippen molar-refractivity contribution in [3.05, 3.63) is 47.8 Å². The molecule has 29 heavy (non-hydrogen) atoms. The van der Waals surface area contributed by atoms with Gasteiger partial charge in [0.2, 0.25) is 5.92 Å². The molecule has 0 bridgehead atoms. The molecule has 2 unspecified atom stereocenters. The van der Waals surface area contributed by atoms with Gasteiger partial charge in [-0.1, -0.05) is 12.1 Å². The van der Waals surface area contributed by atoms with Crippen molar-refractivity contribution in [2.24, 2.45) is 7.05 Å². The van der Waals surface area contributed by atoms with E-state index < -0.39 is 5.92 Å². The fourth-order valence-corrected chi connectivity index (χ4v) is 3.86. The fraction of sp³-hybridized carbons (Fsp3) is 0.500. The highest BCUT2D eigenvalue weighted by Gasteiger charge is 2.42. The van der Waals surface area contributed by atoms with Gasteiger partial charge in [-0.3, -0.25) is 9.48 Å². The van der Waals surface area contributed by atoms with E-state index in [9.17, 15) is 13.6 Å². The highest BCUT2D eigenvalue weighted by Crippen LogP contribution is 2.43. The quantitative estimate of drug-likeness (QED) is 0.708. The Kier molecular flexibility index (Phi) is 7.65. The SMILES string of the molecule is Cl.Cl.Cn1cc(NC(=O)c2cccc(C3CC3NC3CCC(F)(F)CC3)c2)cn1. The molecule has 0 saturated heterocycles. The maximum absolute atomic E-state index is 13.3. The average Bonchev–Trinajstić information content (AvgIpc) is 3.29. The number of anilines is 1. The molecule has 5 nitrogen and oxygen atoms in total. The lowest BCUT2D eigenvalue weighted by molar-refractivity contribution is -0.0405. The van der Waals surface area contributed by atoms with Crippen LogP contribution in [0.1, 0.15) is 53.9 Å². The summed E-state index contributed by atoms with van der Waals surface area (Å²) in [7, 11) is 1.80. The number of halogens is 4. The fourth-order valence-electron chi connectivity index (χ4n) is 3.86. The van der Waals surface area contributed by atoms with Crippen molar-refractivity contribution in [2.75, 3.05) is 5.32 Å².